The number of piperidine rings is 1. The Morgan fingerprint density at radius 2 is 2.33 bits per heavy atom. The monoisotopic (exact) mass is 161 g/mol. The predicted octanol–water partition coefficient (Wildman–Crippen LogP) is -0.464. The van der Waals surface area contributed by atoms with Crippen molar-refractivity contribution in [2.45, 2.75) is 12.7 Å². The summed E-state index contributed by atoms with van der Waals surface area (Å²) in [6.45, 7) is -0.712. The molecule has 1 saturated heterocycles. The van der Waals surface area contributed by atoms with Crippen LogP contribution in [0.1, 0.15) is 18.2 Å². The SMILES string of the molecule is [2H]Cl.[2H]N1CC([2H])([2H])C(=O)C([2H])([2H])C1.[2H]O[2H]. The molecule has 1 rings (SSSR count). The lowest BCUT2D eigenvalue weighted by molar-refractivity contribution is -0.119. The fraction of sp³-hybridized carbons (Fsp3) is 0.800. The topological polar surface area (TPSA) is 60.6 Å². The zero-order chi connectivity index (χ0) is 14.3. The first-order valence-electron chi connectivity index (χ1n) is 5.69. The third-order valence-electron chi connectivity index (χ3n) is 0.703. The standard InChI is InChI=1S/C5H9NO.ClH.H2O/c7-5-1-3-6-4-2-5;;/h6H,1-4H2;1H;1H2/i1D2,2D2;;/hD4. The second-order valence-electron chi connectivity index (χ2n) is 1.22. The van der Waals surface area contributed by atoms with Crippen LogP contribution in [0.2, 0.25) is 1.41 Å². The Hall–Kier alpha value is -0.120. The summed E-state index contributed by atoms with van der Waals surface area (Å²) in [7, 11) is 0. The molecule has 0 spiro atoms. The summed E-state index contributed by atoms with van der Waals surface area (Å²) >= 11 is 3.89. The molecule has 0 aromatic rings. The van der Waals surface area contributed by atoms with Gasteiger partial charge in [0.15, 0.2) is 0 Å². The first-order chi connectivity index (χ1) is 7.67. The molecule has 0 aliphatic carbocycles. The number of carbonyl (C=O) groups excluding carboxylic acids is 1. The number of rotatable bonds is 0. The van der Waals surface area contributed by atoms with Crippen LogP contribution in [0.4, 0.5) is 0 Å². The number of nitrogens with one attached hydrogen (secondary N) is 1. The Morgan fingerprint density at radius 1 is 1.89 bits per heavy atom. The number of hydrogen-bond donors (Lipinski definition) is 1. The Bertz CT molecular complexity index is 220. The zero-order valence-corrected chi connectivity index (χ0v) is 5.31. The van der Waals surface area contributed by atoms with Gasteiger partial charge in [0.25, 0.3) is 0 Å². The fourth-order valence-electron chi connectivity index (χ4n) is 0.374. The Labute approximate surface area is 71.8 Å². The number of ketones is 1. The quantitative estimate of drug-likeness (QED) is 0.523. The minimum Gasteiger partial charge on any atom is -0.412 e. The predicted molar refractivity (Wildman–Crippen MR) is 38.0 cm³/mol. The van der Waals surface area contributed by atoms with Crippen molar-refractivity contribution >= 4 is 18.1 Å². The highest BCUT2D eigenvalue weighted by molar-refractivity contribution is 5.85. The van der Waals surface area contributed by atoms with Gasteiger partial charge in [-0.1, -0.05) is 0 Å². The van der Waals surface area contributed by atoms with Crippen LogP contribution in [0.25, 0.3) is 0 Å². The summed E-state index contributed by atoms with van der Waals surface area (Å²) in [6.07, 6.45) is -4.47. The molecule has 0 atom stereocenters. The van der Waals surface area contributed by atoms with Crippen molar-refractivity contribution in [2.75, 3.05) is 13.1 Å². The second kappa shape index (κ2) is 6.01. The van der Waals surface area contributed by atoms with Crippen LogP contribution in [-0.2, 0) is 4.79 Å². The molecule has 0 saturated carbocycles. The zero-order valence-electron chi connectivity index (χ0n) is 12.6. The number of halogens is 1. The van der Waals surface area contributed by atoms with Crippen LogP contribution in [0.15, 0.2) is 0 Å². The van der Waals surface area contributed by atoms with Crippen LogP contribution in [-0.4, -0.2) is 28.4 Å². The lowest BCUT2D eigenvalue weighted by atomic mass is 10.1. The van der Waals surface area contributed by atoms with Crippen LogP contribution >= 0.6 is 12.3 Å². The highest BCUT2D eigenvalue weighted by Crippen LogP contribution is 1.91. The van der Waals surface area contributed by atoms with Gasteiger partial charge in [-0.3, -0.25) is 4.79 Å². The van der Waals surface area contributed by atoms with Crippen molar-refractivity contribution in [3.05, 3.63) is 0 Å². The Balaban J connectivity index is 0. The molecule has 56 valence electrons. The Kier molecular flexibility index (Phi) is 1.66. The van der Waals surface area contributed by atoms with Gasteiger partial charge in [-0.2, -0.15) is 0 Å². The van der Waals surface area contributed by atoms with Gasteiger partial charge in [0.2, 0.25) is 2.86 Å². The summed E-state index contributed by atoms with van der Waals surface area (Å²) in [6, 6.07) is 0. The van der Waals surface area contributed by atoms with Crippen LogP contribution in [0.3, 0.4) is 0 Å². The maximum absolute atomic E-state index is 11.1. The van der Waals surface area contributed by atoms with Gasteiger partial charge in [0, 0.05) is 31.3 Å². The molecular formula is C5H12ClNO2. The van der Waals surface area contributed by atoms with E-state index in [1.54, 1.807) is 0 Å². The van der Waals surface area contributed by atoms with E-state index < -0.39 is 18.5 Å². The number of hydrogen-bond acceptors (Lipinski definition) is 2. The van der Waals surface area contributed by atoms with Crippen molar-refractivity contribution in [3.63, 3.8) is 0 Å². The second-order valence-corrected chi connectivity index (χ2v) is 1.22. The third-order valence-corrected chi connectivity index (χ3v) is 0.703. The maximum Gasteiger partial charge on any atom is 0.206 e. The van der Waals surface area contributed by atoms with Crippen molar-refractivity contribution in [3.8, 4) is 0 Å². The molecule has 4 heteroatoms. The third kappa shape index (κ3) is 4.39. The molecule has 0 amide bonds. The van der Waals surface area contributed by atoms with E-state index in [1.807, 2.05) is 0 Å². The van der Waals surface area contributed by atoms with E-state index in [-0.39, 0.29) is 13.1 Å². The van der Waals surface area contributed by atoms with E-state index in [2.05, 4.69) is 17.8 Å². The number of carbonyl (C=O) groups is 1. The van der Waals surface area contributed by atoms with Crippen molar-refractivity contribution in [1.29, 1.82) is 4.04 Å². The van der Waals surface area contributed by atoms with Crippen molar-refractivity contribution < 1.29 is 17.2 Å². The lowest BCUT2D eigenvalue weighted by Gasteiger charge is -2.08. The minimum atomic E-state index is -2.23. The summed E-state index contributed by atoms with van der Waals surface area (Å²) in [5.41, 5.74) is 2.75. The van der Waals surface area contributed by atoms with E-state index in [0.29, 0.717) is 0 Å². The smallest absolute Gasteiger partial charge is 0.206 e. The van der Waals surface area contributed by atoms with Gasteiger partial charge in [-0.25, -0.2) is 0 Å². The highest BCUT2D eigenvalue weighted by atomic mass is 35.5. The summed E-state index contributed by atoms with van der Waals surface area (Å²) in [5.74, 6) is -1.06. The normalized spacial score (nSPS) is 42.1. The van der Waals surface area contributed by atoms with Gasteiger partial charge in [0.05, 0.1) is 0 Å². The molecule has 1 aliphatic rings. The molecule has 0 bridgehead atoms. The van der Waals surface area contributed by atoms with E-state index in [1.165, 1.54) is 0 Å². The average molecular weight is 162 g/mol. The molecular weight excluding hydrogens is 142 g/mol. The van der Waals surface area contributed by atoms with E-state index in [4.69, 9.17) is 10.9 Å². The van der Waals surface area contributed by atoms with E-state index in [9.17, 15) is 4.79 Å². The number of Topliss-reactive ketones (excluding diaryl/α,β-unsaturated/α-hetero) is 1. The van der Waals surface area contributed by atoms with Crippen LogP contribution in [0.5, 0.6) is 0 Å². The van der Waals surface area contributed by atoms with Crippen LogP contribution in [0, 0.1) is 0 Å². The van der Waals surface area contributed by atoms with Gasteiger partial charge in [-0.05, 0) is 0 Å². The summed E-state index contributed by atoms with van der Waals surface area (Å²) in [4.78, 5) is 11.1. The minimum absolute atomic E-state index is 0.356. The lowest BCUT2D eigenvalue weighted by Crippen LogP contribution is -2.27. The molecule has 0 aromatic heterocycles. The summed E-state index contributed by atoms with van der Waals surface area (Å²) in [5, 5.41) is 0.738. The molecule has 0 radical (unpaired) electrons. The molecule has 1 aliphatic heterocycles. The van der Waals surface area contributed by atoms with E-state index >= 15 is 0 Å². The molecule has 0 aromatic carbocycles. The summed E-state index contributed by atoms with van der Waals surface area (Å²) < 4.78 is 51.6. The van der Waals surface area contributed by atoms with Crippen molar-refractivity contribution in [1.82, 2.24) is 5.31 Å². The molecule has 3 N–H and O–H groups in total. The average Bonchev–Trinajstić information content (AvgIpc) is 2.17. The fourth-order valence-corrected chi connectivity index (χ4v) is 0.374. The molecule has 9 heavy (non-hydrogen) atoms. The first-order valence-corrected chi connectivity index (χ1v) is 2.04. The first kappa shape index (κ1) is 2.49. The molecule has 1 fully saturated rings. The van der Waals surface area contributed by atoms with Gasteiger partial charge < -0.3 is 10.8 Å². The highest BCUT2D eigenvalue weighted by Gasteiger charge is 2.04. The van der Waals surface area contributed by atoms with Crippen LogP contribution < -0.4 is 5.31 Å². The maximum atomic E-state index is 11.1. The van der Waals surface area contributed by atoms with Gasteiger partial charge >= 0.3 is 0 Å². The Morgan fingerprint density at radius 3 is 2.78 bits per heavy atom. The van der Waals surface area contributed by atoms with Crippen molar-refractivity contribution in [2.24, 2.45) is 0 Å². The molecule has 1 heterocycles. The van der Waals surface area contributed by atoms with Gasteiger partial charge in [0.1, 0.15) is 8.37 Å². The molecule has 3 nitrogen and oxygen atoms in total. The van der Waals surface area contributed by atoms with E-state index in [0.717, 1.165) is 5.31 Å². The largest absolute Gasteiger partial charge is 0.412 e. The molecule has 0 unspecified atom stereocenters. The van der Waals surface area contributed by atoms with Gasteiger partial charge in [-0.15, -0.1) is 12.3 Å².